The molecule has 0 unspecified atom stereocenters. The van der Waals surface area contributed by atoms with Gasteiger partial charge in [-0.1, -0.05) is 12.1 Å². The van der Waals surface area contributed by atoms with Gasteiger partial charge in [0.25, 0.3) is 0 Å². The Labute approximate surface area is 93.8 Å². The third kappa shape index (κ3) is 1.79. The van der Waals surface area contributed by atoms with E-state index in [2.05, 4.69) is 5.32 Å². The van der Waals surface area contributed by atoms with Crippen molar-refractivity contribution in [2.75, 3.05) is 25.5 Å². The summed E-state index contributed by atoms with van der Waals surface area (Å²) in [5.41, 5.74) is 1.59. The monoisotopic (exact) mass is 218 g/mol. The summed E-state index contributed by atoms with van der Waals surface area (Å²) >= 11 is 0. The molecule has 0 bridgehead atoms. The molecule has 0 aliphatic carbocycles. The lowest BCUT2D eigenvalue weighted by Crippen LogP contribution is -2.33. The predicted molar refractivity (Wildman–Crippen MR) is 63.6 cm³/mol. The van der Waals surface area contributed by atoms with Crippen molar-refractivity contribution in [3.63, 3.8) is 0 Å². The summed E-state index contributed by atoms with van der Waals surface area (Å²) in [5.74, 6) is 0.00838. The minimum Gasteiger partial charge on any atom is -0.462 e. The number of carbonyl (C=O) groups is 1. The van der Waals surface area contributed by atoms with Gasteiger partial charge in [0.15, 0.2) is 0 Å². The molecular formula is C12H14N2O2. The molecule has 4 nitrogen and oxygen atoms in total. The van der Waals surface area contributed by atoms with Crippen molar-refractivity contribution >= 4 is 22.6 Å². The van der Waals surface area contributed by atoms with Crippen molar-refractivity contribution in [3.05, 3.63) is 30.5 Å². The molecule has 1 amide bonds. The van der Waals surface area contributed by atoms with Crippen molar-refractivity contribution in [3.8, 4) is 0 Å². The van der Waals surface area contributed by atoms with Crippen LogP contribution in [0.5, 0.6) is 0 Å². The van der Waals surface area contributed by atoms with Gasteiger partial charge >= 0.3 is 0 Å². The highest BCUT2D eigenvalue weighted by Gasteiger charge is 2.14. The van der Waals surface area contributed by atoms with Crippen molar-refractivity contribution in [2.45, 2.75) is 0 Å². The SMILES string of the molecule is CNCC(=O)N(C)c1coc2ccccc12. The van der Waals surface area contributed by atoms with Crippen molar-refractivity contribution < 1.29 is 9.21 Å². The van der Waals surface area contributed by atoms with Gasteiger partial charge in [0.05, 0.1) is 12.2 Å². The molecule has 1 aromatic heterocycles. The highest BCUT2D eigenvalue weighted by molar-refractivity contribution is 6.02. The van der Waals surface area contributed by atoms with Gasteiger partial charge in [0.1, 0.15) is 11.8 Å². The maximum Gasteiger partial charge on any atom is 0.240 e. The molecule has 1 aromatic carbocycles. The quantitative estimate of drug-likeness (QED) is 0.851. The Balaban J connectivity index is 2.36. The maximum absolute atomic E-state index is 11.7. The second kappa shape index (κ2) is 4.37. The molecule has 0 aliphatic rings. The first-order chi connectivity index (χ1) is 7.74. The van der Waals surface area contributed by atoms with E-state index >= 15 is 0 Å². The minimum absolute atomic E-state index is 0.00838. The Morgan fingerprint density at radius 2 is 2.19 bits per heavy atom. The lowest BCUT2D eigenvalue weighted by molar-refractivity contribution is -0.117. The van der Waals surface area contributed by atoms with Gasteiger partial charge in [-0.15, -0.1) is 0 Å². The van der Waals surface area contributed by atoms with E-state index in [-0.39, 0.29) is 5.91 Å². The van der Waals surface area contributed by atoms with Crippen molar-refractivity contribution in [1.82, 2.24) is 5.32 Å². The summed E-state index contributed by atoms with van der Waals surface area (Å²) in [4.78, 5) is 13.3. The summed E-state index contributed by atoms with van der Waals surface area (Å²) < 4.78 is 5.38. The lowest BCUT2D eigenvalue weighted by Gasteiger charge is -2.15. The fourth-order valence-electron chi connectivity index (χ4n) is 1.63. The van der Waals surface area contributed by atoms with E-state index in [0.717, 1.165) is 16.7 Å². The second-order valence-corrected chi connectivity index (χ2v) is 3.60. The predicted octanol–water partition coefficient (Wildman–Crippen LogP) is 1.61. The summed E-state index contributed by atoms with van der Waals surface area (Å²) in [6.45, 7) is 0.315. The minimum atomic E-state index is 0.00838. The molecule has 2 rings (SSSR count). The number of likely N-dealkylation sites (N-methyl/N-ethyl adjacent to an activating group) is 2. The van der Waals surface area contributed by atoms with Gasteiger partial charge in [-0.25, -0.2) is 0 Å². The molecule has 0 atom stereocenters. The molecule has 1 N–H and O–H groups in total. The molecule has 0 saturated carbocycles. The zero-order valence-corrected chi connectivity index (χ0v) is 9.36. The largest absolute Gasteiger partial charge is 0.462 e. The van der Waals surface area contributed by atoms with E-state index in [1.807, 2.05) is 24.3 Å². The first kappa shape index (κ1) is 10.7. The number of carbonyl (C=O) groups excluding carboxylic acids is 1. The number of fused-ring (bicyclic) bond motifs is 1. The zero-order chi connectivity index (χ0) is 11.5. The van der Waals surface area contributed by atoms with E-state index in [9.17, 15) is 4.79 Å². The number of nitrogens with one attached hydrogen (secondary N) is 1. The average molecular weight is 218 g/mol. The highest BCUT2D eigenvalue weighted by atomic mass is 16.3. The molecule has 16 heavy (non-hydrogen) atoms. The maximum atomic E-state index is 11.7. The smallest absolute Gasteiger partial charge is 0.240 e. The topological polar surface area (TPSA) is 45.5 Å². The normalized spacial score (nSPS) is 10.6. The van der Waals surface area contributed by atoms with Crippen LogP contribution in [-0.2, 0) is 4.79 Å². The van der Waals surface area contributed by atoms with Crippen LogP contribution in [0.25, 0.3) is 11.0 Å². The lowest BCUT2D eigenvalue weighted by atomic mass is 10.2. The van der Waals surface area contributed by atoms with Gasteiger partial charge in [-0.2, -0.15) is 0 Å². The Bertz CT molecular complexity index is 504. The van der Waals surface area contributed by atoms with Crippen LogP contribution >= 0.6 is 0 Å². The number of furan rings is 1. The van der Waals surface area contributed by atoms with Crippen LogP contribution in [-0.4, -0.2) is 26.5 Å². The summed E-state index contributed by atoms with van der Waals surface area (Å²) in [6.07, 6.45) is 1.61. The molecule has 0 radical (unpaired) electrons. The number of benzene rings is 1. The van der Waals surface area contributed by atoms with Crippen LogP contribution in [0.1, 0.15) is 0 Å². The Morgan fingerprint density at radius 3 is 2.94 bits per heavy atom. The average Bonchev–Trinajstić information content (AvgIpc) is 2.72. The molecule has 0 aliphatic heterocycles. The Kier molecular flexibility index (Phi) is 2.92. The third-order valence-corrected chi connectivity index (χ3v) is 2.52. The van der Waals surface area contributed by atoms with Crippen LogP contribution in [0.2, 0.25) is 0 Å². The second-order valence-electron chi connectivity index (χ2n) is 3.60. The Hall–Kier alpha value is -1.81. The molecule has 0 saturated heterocycles. The van der Waals surface area contributed by atoms with Crippen LogP contribution in [0, 0.1) is 0 Å². The van der Waals surface area contributed by atoms with E-state index in [1.54, 1.807) is 25.3 Å². The van der Waals surface area contributed by atoms with E-state index in [4.69, 9.17) is 4.42 Å². The van der Waals surface area contributed by atoms with Crippen LogP contribution in [0.3, 0.4) is 0 Å². The highest BCUT2D eigenvalue weighted by Crippen LogP contribution is 2.27. The number of anilines is 1. The summed E-state index contributed by atoms with van der Waals surface area (Å²) in [7, 11) is 3.50. The molecule has 1 heterocycles. The van der Waals surface area contributed by atoms with Crippen molar-refractivity contribution in [1.29, 1.82) is 0 Å². The third-order valence-electron chi connectivity index (χ3n) is 2.52. The number of nitrogens with zero attached hydrogens (tertiary/aromatic N) is 1. The van der Waals surface area contributed by atoms with E-state index in [0.29, 0.717) is 6.54 Å². The summed E-state index contributed by atoms with van der Waals surface area (Å²) in [5, 5.41) is 3.79. The van der Waals surface area contributed by atoms with Gasteiger partial charge in [-0.05, 0) is 19.2 Å². The fraction of sp³-hybridized carbons (Fsp3) is 0.250. The number of rotatable bonds is 3. The molecule has 2 aromatic rings. The molecule has 4 heteroatoms. The van der Waals surface area contributed by atoms with Crippen LogP contribution < -0.4 is 10.2 Å². The van der Waals surface area contributed by atoms with Gasteiger partial charge in [-0.3, -0.25) is 4.79 Å². The number of hydrogen-bond acceptors (Lipinski definition) is 3. The standard InChI is InChI=1S/C12H14N2O2/c1-13-7-12(15)14(2)10-8-16-11-6-4-3-5-9(10)11/h3-6,8,13H,7H2,1-2H3. The molecule has 0 fully saturated rings. The van der Waals surface area contributed by atoms with Crippen LogP contribution in [0.4, 0.5) is 5.69 Å². The zero-order valence-electron chi connectivity index (χ0n) is 9.36. The van der Waals surface area contributed by atoms with Gasteiger partial charge in [0, 0.05) is 12.4 Å². The number of para-hydroxylation sites is 1. The Morgan fingerprint density at radius 1 is 1.44 bits per heavy atom. The summed E-state index contributed by atoms with van der Waals surface area (Å²) in [6, 6.07) is 7.66. The molecular weight excluding hydrogens is 204 g/mol. The first-order valence-corrected chi connectivity index (χ1v) is 5.11. The van der Waals surface area contributed by atoms with Crippen molar-refractivity contribution in [2.24, 2.45) is 0 Å². The fourth-order valence-corrected chi connectivity index (χ4v) is 1.63. The first-order valence-electron chi connectivity index (χ1n) is 5.11. The molecule has 0 spiro atoms. The van der Waals surface area contributed by atoms with E-state index < -0.39 is 0 Å². The molecule has 84 valence electrons. The van der Waals surface area contributed by atoms with Gasteiger partial charge in [0.2, 0.25) is 5.91 Å². The van der Waals surface area contributed by atoms with E-state index in [1.165, 1.54) is 0 Å². The number of amides is 1. The van der Waals surface area contributed by atoms with Gasteiger partial charge < -0.3 is 14.6 Å². The number of hydrogen-bond donors (Lipinski definition) is 1. The van der Waals surface area contributed by atoms with Crippen LogP contribution in [0.15, 0.2) is 34.9 Å².